The molecule has 0 spiro atoms. The highest BCUT2D eigenvalue weighted by molar-refractivity contribution is 4.91. The predicted molar refractivity (Wildman–Crippen MR) is 36.9 cm³/mol. The molecule has 1 saturated heterocycles. The Hall–Kier alpha value is -0.190. The summed E-state index contributed by atoms with van der Waals surface area (Å²) in [5.74, 6) is 0. The summed E-state index contributed by atoms with van der Waals surface area (Å²) in [6.07, 6.45) is -4.79. The van der Waals surface area contributed by atoms with Crippen molar-refractivity contribution in [1.29, 1.82) is 0 Å². The van der Waals surface area contributed by atoms with E-state index in [0.29, 0.717) is 0 Å². The summed E-state index contributed by atoms with van der Waals surface area (Å²) in [5, 5.41) is 18.1. The van der Waals surface area contributed by atoms with Crippen molar-refractivity contribution < 1.29 is 19.3 Å². The Morgan fingerprint density at radius 1 is 1.55 bits per heavy atom. The maximum absolute atomic E-state index is 12.8. The molecule has 1 aliphatic heterocycles. The van der Waals surface area contributed by atoms with Gasteiger partial charge in [-0.3, -0.25) is 0 Å². The first-order valence-corrected chi connectivity index (χ1v) is 3.69. The van der Waals surface area contributed by atoms with Gasteiger partial charge in [0.15, 0.2) is 6.17 Å². The average molecular weight is 164 g/mol. The monoisotopic (exact) mass is 164 g/mol. The van der Waals surface area contributed by atoms with E-state index in [-0.39, 0.29) is 0 Å². The lowest BCUT2D eigenvalue weighted by Gasteiger charge is -2.16. The quantitative estimate of drug-likeness (QED) is 0.566. The number of halogens is 1. The first-order valence-electron chi connectivity index (χ1n) is 3.69. The lowest BCUT2D eigenvalue weighted by atomic mass is 10.1. The highest BCUT2D eigenvalue weighted by Crippen LogP contribution is 2.25. The van der Waals surface area contributed by atoms with Gasteiger partial charge in [0.2, 0.25) is 0 Å². The van der Waals surface area contributed by atoms with E-state index in [1.165, 1.54) is 13.8 Å². The van der Waals surface area contributed by atoms with Crippen molar-refractivity contribution in [2.45, 2.75) is 44.4 Å². The molecule has 1 aliphatic rings. The first kappa shape index (κ1) is 8.90. The zero-order valence-electron chi connectivity index (χ0n) is 6.57. The summed E-state index contributed by atoms with van der Waals surface area (Å²) in [6.45, 7) is 3.01. The van der Waals surface area contributed by atoms with Crippen LogP contribution in [-0.2, 0) is 4.74 Å². The van der Waals surface area contributed by atoms with Gasteiger partial charge in [0, 0.05) is 0 Å². The lowest BCUT2D eigenvalue weighted by Crippen LogP contribution is -2.35. The van der Waals surface area contributed by atoms with E-state index in [0.717, 1.165) is 0 Å². The Balaban J connectivity index is 2.59. The fraction of sp³-hybridized carbons (Fsp3) is 1.00. The smallest absolute Gasteiger partial charge is 0.154 e. The average Bonchev–Trinajstić information content (AvgIpc) is 2.17. The fourth-order valence-electron chi connectivity index (χ4n) is 1.26. The van der Waals surface area contributed by atoms with Crippen LogP contribution >= 0.6 is 0 Å². The van der Waals surface area contributed by atoms with Gasteiger partial charge < -0.3 is 14.9 Å². The molecule has 2 N–H and O–H groups in total. The third-order valence-electron chi connectivity index (χ3n) is 1.96. The molecule has 5 atom stereocenters. The Morgan fingerprint density at radius 3 is 2.27 bits per heavy atom. The molecule has 11 heavy (non-hydrogen) atoms. The van der Waals surface area contributed by atoms with Gasteiger partial charge in [-0.15, -0.1) is 0 Å². The van der Waals surface area contributed by atoms with Gasteiger partial charge in [0.05, 0.1) is 12.2 Å². The van der Waals surface area contributed by atoms with Crippen LogP contribution in [0.15, 0.2) is 0 Å². The largest absolute Gasteiger partial charge is 0.391 e. The van der Waals surface area contributed by atoms with Gasteiger partial charge in [-0.2, -0.15) is 0 Å². The van der Waals surface area contributed by atoms with E-state index in [2.05, 4.69) is 0 Å². The van der Waals surface area contributed by atoms with E-state index < -0.39 is 30.6 Å². The van der Waals surface area contributed by atoms with Gasteiger partial charge in [-0.05, 0) is 13.8 Å². The van der Waals surface area contributed by atoms with Gasteiger partial charge >= 0.3 is 0 Å². The molecule has 0 aromatic carbocycles. The van der Waals surface area contributed by atoms with E-state index in [4.69, 9.17) is 14.9 Å². The standard InChI is InChI=1S/C7H13FO3/c1-3(9)7-6(10)5(8)4(2)11-7/h3-7,9-10H,1-2H3/t3-,4-,5+,6?,7+/m0/s1. The maximum Gasteiger partial charge on any atom is 0.154 e. The van der Waals surface area contributed by atoms with E-state index >= 15 is 0 Å². The molecular formula is C7H13FO3. The number of alkyl halides is 1. The fourth-order valence-corrected chi connectivity index (χ4v) is 1.26. The number of hydrogen-bond acceptors (Lipinski definition) is 3. The molecule has 0 bridgehead atoms. The summed E-state index contributed by atoms with van der Waals surface area (Å²) < 4.78 is 17.8. The van der Waals surface area contributed by atoms with Crippen LogP contribution in [0.25, 0.3) is 0 Å². The number of aliphatic hydroxyl groups is 2. The number of rotatable bonds is 1. The second-order valence-electron chi connectivity index (χ2n) is 2.98. The molecule has 1 unspecified atom stereocenters. The minimum atomic E-state index is -1.38. The Kier molecular flexibility index (Phi) is 2.47. The van der Waals surface area contributed by atoms with Crippen LogP contribution in [0.2, 0.25) is 0 Å². The summed E-state index contributed by atoms with van der Waals surface area (Å²) in [7, 11) is 0. The van der Waals surface area contributed by atoms with Crippen molar-refractivity contribution in [2.24, 2.45) is 0 Å². The van der Waals surface area contributed by atoms with Crippen molar-refractivity contribution in [1.82, 2.24) is 0 Å². The zero-order chi connectivity index (χ0) is 8.59. The van der Waals surface area contributed by atoms with Crippen LogP contribution in [0, 0.1) is 0 Å². The van der Waals surface area contributed by atoms with Crippen LogP contribution in [0.1, 0.15) is 13.8 Å². The van der Waals surface area contributed by atoms with E-state index in [1.807, 2.05) is 0 Å². The first-order chi connectivity index (χ1) is 5.04. The summed E-state index contributed by atoms with van der Waals surface area (Å²) >= 11 is 0. The molecule has 4 heteroatoms. The van der Waals surface area contributed by atoms with Crippen molar-refractivity contribution in [3.05, 3.63) is 0 Å². The molecule has 66 valence electrons. The number of aliphatic hydroxyl groups excluding tert-OH is 2. The number of hydrogen-bond donors (Lipinski definition) is 2. The molecular weight excluding hydrogens is 151 g/mol. The summed E-state index contributed by atoms with van der Waals surface area (Å²) in [6, 6.07) is 0. The SMILES string of the molecule is C[C@H](O)[C@H]1O[C@@H](C)[C@@H](F)C1O. The van der Waals surface area contributed by atoms with Crippen molar-refractivity contribution >= 4 is 0 Å². The minimum Gasteiger partial charge on any atom is -0.391 e. The van der Waals surface area contributed by atoms with Gasteiger partial charge in [0.25, 0.3) is 0 Å². The maximum atomic E-state index is 12.8. The minimum absolute atomic E-state index is 0.621. The topological polar surface area (TPSA) is 49.7 Å². The van der Waals surface area contributed by atoms with Gasteiger partial charge in [-0.25, -0.2) is 4.39 Å². The van der Waals surface area contributed by atoms with Crippen LogP contribution in [0.4, 0.5) is 4.39 Å². The molecule has 0 aromatic rings. The lowest BCUT2D eigenvalue weighted by molar-refractivity contribution is -0.0544. The predicted octanol–water partition coefficient (Wildman–Crippen LogP) is -0.146. The normalized spacial score (nSPS) is 47.7. The Morgan fingerprint density at radius 2 is 2.09 bits per heavy atom. The second-order valence-corrected chi connectivity index (χ2v) is 2.98. The Labute approximate surface area is 64.8 Å². The number of ether oxygens (including phenoxy) is 1. The van der Waals surface area contributed by atoms with Crippen LogP contribution in [-0.4, -0.2) is 40.8 Å². The van der Waals surface area contributed by atoms with Gasteiger partial charge in [0.1, 0.15) is 12.2 Å². The highest BCUT2D eigenvalue weighted by Gasteiger charge is 2.43. The van der Waals surface area contributed by atoms with Crippen molar-refractivity contribution in [2.75, 3.05) is 0 Å². The molecule has 0 amide bonds. The molecule has 3 nitrogen and oxygen atoms in total. The third kappa shape index (κ3) is 1.52. The van der Waals surface area contributed by atoms with Crippen LogP contribution in [0.3, 0.4) is 0 Å². The summed E-state index contributed by atoms with van der Waals surface area (Å²) in [4.78, 5) is 0. The van der Waals surface area contributed by atoms with Crippen LogP contribution in [0.5, 0.6) is 0 Å². The van der Waals surface area contributed by atoms with Gasteiger partial charge in [-0.1, -0.05) is 0 Å². The van der Waals surface area contributed by atoms with Crippen LogP contribution < -0.4 is 0 Å². The molecule has 0 saturated carbocycles. The molecule has 1 rings (SSSR count). The van der Waals surface area contributed by atoms with Crippen molar-refractivity contribution in [3.63, 3.8) is 0 Å². The van der Waals surface area contributed by atoms with E-state index in [1.54, 1.807) is 0 Å². The zero-order valence-corrected chi connectivity index (χ0v) is 6.57. The molecule has 0 radical (unpaired) electrons. The molecule has 1 fully saturated rings. The highest BCUT2D eigenvalue weighted by atomic mass is 19.1. The van der Waals surface area contributed by atoms with E-state index in [9.17, 15) is 4.39 Å². The second kappa shape index (κ2) is 3.05. The van der Waals surface area contributed by atoms with Crippen molar-refractivity contribution in [3.8, 4) is 0 Å². The Bertz CT molecular complexity index is 140. The molecule has 0 aromatic heterocycles. The molecule has 1 heterocycles. The third-order valence-corrected chi connectivity index (χ3v) is 1.96. The summed E-state index contributed by atoms with van der Waals surface area (Å²) in [5.41, 5.74) is 0. The molecule has 0 aliphatic carbocycles.